The summed E-state index contributed by atoms with van der Waals surface area (Å²) in [5, 5.41) is 6.38. The fraction of sp³-hybridized carbons (Fsp3) is 0.161. The molecule has 4 aromatic carbocycles. The highest BCUT2D eigenvalue weighted by Crippen LogP contribution is 2.28. The summed E-state index contributed by atoms with van der Waals surface area (Å²) in [6.45, 7) is 6.77. The van der Waals surface area contributed by atoms with Crippen molar-refractivity contribution in [2.24, 2.45) is 0 Å². The Hall–Kier alpha value is -4.38. The minimum Gasteiger partial charge on any atom is -0.356 e. The fourth-order valence-corrected chi connectivity index (χ4v) is 4.24. The molecule has 0 aliphatic rings. The molecule has 0 aliphatic heterocycles. The van der Waals surface area contributed by atoms with Crippen LogP contribution in [0.3, 0.4) is 0 Å². The third-order valence-electron chi connectivity index (χ3n) is 6.20. The molecule has 0 radical (unpaired) electrons. The van der Waals surface area contributed by atoms with Gasteiger partial charge in [-0.15, -0.1) is 0 Å². The molecule has 5 heteroatoms. The van der Waals surface area contributed by atoms with Crippen LogP contribution in [0.1, 0.15) is 26.3 Å². The molecule has 36 heavy (non-hydrogen) atoms. The molecule has 1 heterocycles. The molecule has 1 amide bonds. The Kier molecular flexibility index (Phi) is 6.30. The van der Waals surface area contributed by atoms with E-state index in [1.807, 2.05) is 83.4 Å². The Balaban J connectivity index is 1.36. The second kappa shape index (κ2) is 9.70. The van der Waals surface area contributed by atoms with Crippen LogP contribution < -0.4 is 10.6 Å². The average molecular weight is 475 g/mol. The monoisotopic (exact) mass is 474 g/mol. The highest BCUT2D eigenvalue weighted by Gasteiger charge is 2.17. The standard InChI is InChI=1S/C31H30N4O/c1-31(2,3)23-15-13-22(14-16-23)30-34-27-11-7-8-12-28(27)35(30)21-29(36)33-26-19-17-25(18-20-26)32-24-9-5-4-6-10-24/h4-20,32H,21H2,1-3H3,(H,33,36). The maximum Gasteiger partial charge on any atom is 0.244 e. The van der Waals surface area contributed by atoms with Crippen molar-refractivity contribution in [1.29, 1.82) is 0 Å². The first kappa shape index (κ1) is 23.4. The van der Waals surface area contributed by atoms with Crippen LogP contribution in [0.25, 0.3) is 22.4 Å². The molecule has 0 aliphatic carbocycles. The second-order valence-corrected chi connectivity index (χ2v) is 9.95. The van der Waals surface area contributed by atoms with E-state index in [2.05, 4.69) is 55.7 Å². The maximum atomic E-state index is 13.1. The molecule has 0 fully saturated rings. The van der Waals surface area contributed by atoms with Gasteiger partial charge in [-0.05, 0) is 59.5 Å². The number of carbonyl (C=O) groups is 1. The van der Waals surface area contributed by atoms with Crippen molar-refractivity contribution in [3.63, 3.8) is 0 Å². The van der Waals surface area contributed by atoms with Gasteiger partial charge >= 0.3 is 0 Å². The van der Waals surface area contributed by atoms with E-state index in [1.165, 1.54) is 5.56 Å². The summed E-state index contributed by atoms with van der Waals surface area (Å²) in [6, 6.07) is 34.1. The predicted octanol–water partition coefficient (Wildman–Crippen LogP) is 7.38. The van der Waals surface area contributed by atoms with Crippen LogP contribution in [0.2, 0.25) is 0 Å². The smallest absolute Gasteiger partial charge is 0.244 e. The zero-order chi connectivity index (χ0) is 25.1. The average Bonchev–Trinajstić information content (AvgIpc) is 3.23. The van der Waals surface area contributed by atoms with Crippen LogP contribution in [0.5, 0.6) is 0 Å². The molecular weight excluding hydrogens is 444 g/mol. The quantitative estimate of drug-likeness (QED) is 0.270. The number of carbonyl (C=O) groups excluding carboxylic acids is 1. The van der Waals surface area contributed by atoms with Gasteiger partial charge in [-0.3, -0.25) is 4.79 Å². The van der Waals surface area contributed by atoms with E-state index < -0.39 is 0 Å². The summed E-state index contributed by atoms with van der Waals surface area (Å²) >= 11 is 0. The number of aromatic nitrogens is 2. The normalized spacial score (nSPS) is 11.4. The number of benzene rings is 4. The highest BCUT2D eigenvalue weighted by molar-refractivity contribution is 5.93. The van der Waals surface area contributed by atoms with Gasteiger partial charge in [0, 0.05) is 22.6 Å². The first-order valence-electron chi connectivity index (χ1n) is 12.1. The molecule has 2 N–H and O–H groups in total. The lowest BCUT2D eigenvalue weighted by molar-refractivity contribution is -0.116. The topological polar surface area (TPSA) is 59.0 Å². The molecule has 0 unspecified atom stereocenters. The van der Waals surface area contributed by atoms with Crippen LogP contribution >= 0.6 is 0 Å². The van der Waals surface area contributed by atoms with Gasteiger partial charge in [-0.1, -0.05) is 75.4 Å². The van der Waals surface area contributed by atoms with Crippen molar-refractivity contribution in [1.82, 2.24) is 9.55 Å². The zero-order valence-electron chi connectivity index (χ0n) is 20.8. The SMILES string of the molecule is CC(C)(C)c1ccc(-c2nc3ccccc3n2CC(=O)Nc2ccc(Nc3ccccc3)cc2)cc1. The van der Waals surface area contributed by atoms with Crippen LogP contribution in [0.4, 0.5) is 17.1 Å². The van der Waals surface area contributed by atoms with Gasteiger partial charge in [0.05, 0.1) is 11.0 Å². The van der Waals surface area contributed by atoms with Gasteiger partial charge in [-0.2, -0.15) is 0 Å². The van der Waals surface area contributed by atoms with Crippen molar-refractivity contribution in [3.05, 3.63) is 109 Å². The van der Waals surface area contributed by atoms with Crippen molar-refractivity contribution < 1.29 is 4.79 Å². The number of amides is 1. The lowest BCUT2D eigenvalue weighted by Crippen LogP contribution is -2.19. The van der Waals surface area contributed by atoms with Crippen LogP contribution in [0.15, 0.2) is 103 Å². The van der Waals surface area contributed by atoms with Gasteiger partial charge in [0.25, 0.3) is 0 Å². The van der Waals surface area contributed by atoms with E-state index >= 15 is 0 Å². The zero-order valence-corrected chi connectivity index (χ0v) is 20.8. The van der Waals surface area contributed by atoms with E-state index in [0.717, 1.165) is 39.5 Å². The number of nitrogens with zero attached hydrogens (tertiary/aromatic N) is 2. The van der Waals surface area contributed by atoms with Gasteiger partial charge in [-0.25, -0.2) is 4.98 Å². The van der Waals surface area contributed by atoms with Crippen molar-refractivity contribution in [2.75, 3.05) is 10.6 Å². The lowest BCUT2D eigenvalue weighted by Gasteiger charge is -2.19. The molecule has 5 rings (SSSR count). The van der Waals surface area contributed by atoms with Gasteiger partial charge in [0.15, 0.2) is 0 Å². The Morgan fingerprint density at radius 3 is 2.06 bits per heavy atom. The Morgan fingerprint density at radius 1 is 0.750 bits per heavy atom. The second-order valence-electron chi connectivity index (χ2n) is 9.95. The molecule has 0 bridgehead atoms. The highest BCUT2D eigenvalue weighted by atomic mass is 16.1. The van der Waals surface area contributed by atoms with E-state index in [9.17, 15) is 4.79 Å². The first-order valence-corrected chi connectivity index (χ1v) is 12.1. The number of rotatable bonds is 6. The number of para-hydroxylation sites is 3. The number of fused-ring (bicyclic) bond motifs is 1. The molecule has 180 valence electrons. The lowest BCUT2D eigenvalue weighted by atomic mass is 9.87. The summed E-state index contributed by atoms with van der Waals surface area (Å²) in [5.41, 5.74) is 6.86. The minimum absolute atomic E-state index is 0.0741. The molecule has 5 aromatic rings. The third kappa shape index (κ3) is 5.15. The van der Waals surface area contributed by atoms with Crippen molar-refractivity contribution >= 4 is 34.0 Å². The number of imidazole rings is 1. The molecule has 5 nitrogen and oxygen atoms in total. The van der Waals surface area contributed by atoms with Crippen LogP contribution in [0, 0.1) is 0 Å². The van der Waals surface area contributed by atoms with Crippen LogP contribution in [-0.2, 0) is 16.8 Å². The van der Waals surface area contributed by atoms with E-state index in [0.29, 0.717) is 0 Å². The van der Waals surface area contributed by atoms with E-state index in [-0.39, 0.29) is 17.9 Å². The molecule has 0 atom stereocenters. The summed E-state index contributed by atoms with van der Waals surface area (Å²) in [6.07, 6.45) is 0. The predicted molar refractivity (Wildman–Crippen MR) is 149 cm³/mol. The Morgan fingerprint density at radius 2 is 1.36 bits per heavy atom. The summed E-state index contributed by atoms with van der Waals surface area (Å²) in [7, 11) is 0. The Bertz CT molecular complexity index is 1480. The van der Waals surface area contributed by atoms with Crippen molar-refractivity contribution in [2.45, 2.75) is 32.7 Å². The number of nitrogens with one attached hydrogen (secondary N) is 2. The third-order valence-corrected chi connectivity index (χ3v) is 6.20. The molecule has 0 saturated carbocycles. The van der Waals surface area contributed by atoms with Gasteiger partial charge < -0.3 is 15.2 Å². The van der Waals surface area contributed by atoms with Gasteiger partial charge in [0.1, 0.15) is 12.4 Å². The summed E-state index contributed by atoms with van der Waals surface area (Å²) < 4.78 is 1.99. The summed E-state index contributed by atoms with van der Waals surface area (Å²) in [5.74, 6) is 0.684. The molecule has 0 saturated heterocycles. The first-order chi connectivity index (χ1) is 17.4. The fourth-order valence-electron chi connectivity index (χ4n) is 4.24. The number of hydrogen-bond acceptors (Lipinski definition) is 3. The number of anilines is 3. The maximum absolute atomic E-state index is 13.1. The molecule has 0 spiro atoms. The van der Waals surface area contributed by atoms with E-state index in [4.69, 9.17) is 4.98 Å². The van der Waals surface area contributed by atoms with Crippen LogP contribution in [-0.4, -0.2) is 15.5 Å². The summed E-state index contributed by atoms with van der Waals surface area (Å²) in [4.78, 5) is 18.0. The van der Waals surface area contributed by atoms with Crippen molar-refractivity contribution in [3.8, 4) is 11.4 Å². The largest absolute Gasteiger partial charge is 0.356 e. The van der Waals surface area contributed by atoms with Gasteiger partial charge in [0.2, 0.25) is 5.91 Å². The molecular formula is C31H30N4O. The molecule has 1 aromatic heterocycles. The minimum atomic E-state index is -0.102. The number of hydrogen-bond donors (Lipinski definition) is 2. The Labute approximate surface area is 211 Å². The van der Waals surface area contributed by atoms with E-state index in [1.54, 1.807) is 0 Å².